The molecule has 0 atom stereocenters. The molecule has 1 aliphatic carbocycles. The monoisotopic (exact) mass is 328 g/mol. The molecule has 1 saturated carbocycles. The van der Waals surface area contributed by atoms with Gasteiger partial charge in [-0.2, -0.15) is 0 Å². The van der Waals surface area contributed by atoms with E-state index < -0.39 is 11.8 Å². The zero-order valence-electron chi connectivity index (χ0n) is 10.3. The second-order valence-electron chi connectivity index (χ2n) is 4.34. The van der Waals surface area contributed by atoms with Crippen molar-refractivity contribution in [2.24, 2.45) is 5.92 Å². The fourth-order valence-corrected chi connectivity index (χ4v) is 2.14. The summed E-state index contributed by atoms with van der Waals surface area (Å²) in [5, 5.41) is 8.87. The topological polar surface area (TPSA) is 72.8 Å². The Morgan fingerprint density at radius 3 is 2.63 bits per heavy atom. The number of hydrogen-bond donors (Lipinski definition) is 1. The van der Waals surface area contributed by atoms with Gasteiger partial charge in [-0.15, -0.1) is 0 Å². The van der Waals surface area contributed by atoms with E-state index in [4.69, 9.17) is 14.6 Å². The molecule has 0 saturated heterocycles. The zero-order valence-corrected chi connectivity index (χ0v) is 11.9. The average molecular weight is 329 g/mol. The Balaban J connectivity index is 2.40. The Bertz CT molecular complexity index is 522. The smallest absolute Gasteiger partial charge is 0.377 e. The van der Waals surface area contributed by atoms with E-state index in [0.717, 1.165) is 12.8 Å². The van der Waals surface area contributed by atoms with Gasteiger partial charge in [-0.3, -0.25) is 4.79 Å². The highest BCUT2D eigenvalue weighted by Crippen LogP contribution is 2.38. The summed E-state index contributed by atoms with van der Waals surface area (Å²) < 4.78 is 11.1. The maximum absolute atomic E-state index is 11.7. The van der Waals surface area contributed by atoms with Crippen molar-refractivity contribution in [3.63, 3.8) is 0 Å². The molecule has 1 aromatic rings. The number of halogens is 1. The Morgan fingerprint density at radius 1 is 1.42 bits per heavy atom. The summed E-state index contributed by atoms with van der Waals surface area (Å²) in [6.07, 6.45) is 2.19. The number of rotatable bonds is 6. The molecule has 19 heavy (non-hydrogen) atoms. The van der Waals surface area contributed by atoms with Gasteiger partial charge in [0.25, 0.3) is 5.78 Å². The van der Waals surface area contributed by atoms with Crippen molar-refractivity contribution >= 4 is 27.7 Å². The third-order valence-electron chi connectivity index (χ3n) is 2.87. The van der Waals surface area contributed by atoms with Crippen LogP contribution in [-0.4, -0.2) is 30.6 Å². The number of ketones is 1. The molecule has 0 spiro atoms. The van der Waals surface area contributed by atoms with E-state index in [2.05, 4.69) is 15.9 Å². The molecule has 2 rings (SSSR count). The number of ether oxygens (including phenoxy) is 2. The molecular formula is C13H13BrO5. The van der Waals surface area contributed by atoms with E-state index >= 15 is 0 Å². The number of Topliss-reactive ketones (excluding diaryl/α,β-unsaturated/α-hetero) is 1. The van der Waals surface area contributed by atoms with Crippen LogP contribution < -0.4 is 9.47 Å². The molecule has 1 fully saturated rings. The summed E-state index contributed by atoms with van der Waals surface area (Å²) in [5.41, 5.74) is -0.00694. The van der Waals surface area contributed by atoms with Gasteiger partial charge >= 0.3 is 5.97 Å². The summed E-state index contributed by atoms with van der Waals surface area (Å²) in [6.45, 7) is 0.465. The molecule has 0 amide bonds. The van der Waals surface area contributed by atoms with Crippen LogP contribution in [0.25, 0.3) is 0 Å². The first-order valence-electron chi connectivity index (χ1n) is 5.81. The van der Waals surface area contributed by atoms with Crippen LogP contribution in [0.1, 0.15) is 23.2 Å². The third kappa shape index (κ3) is 3.07. The minimum Gasteiger partial charge on any atom is -0.493 e. The van der Waals surface area contributed by atoms with Crippen molar-refractivity contribution in [1.82, 2.24) is 0 Å². The summed E-state index contributed by atoms with van der Waals surface area (Å²) in [6, 6.07) is 3.20. The van der Waals surface area contributed by atoms with E-state index in [1.165, 1.54) is 7.11 Å². The van der Waals surface area contributed by atoms with Crippen LogP contribution in [0.4, 0.5) is 0 Å². The van der Waals surface area contributed by atoms with E-state index in [1.807, 2.05) is 0 Å². The SMILES string of the molecule is COc1ccc(Br)c(C(=O)C(=O)O)c1OCC1CC1. The molecule has 6 heteroatoms. The second-order valence-corrected chi connectivity index (χ2v) is 5.20. The first-order chi connectivity index (χ1) is 9.04. The lowest BCUT2D eigenvalue weighted by molar-refractivity contribution is -0.131. The minimum atomic E-state index is -1.52. The summed E-state index contributed by atoms with van der Waals surface area (Å²) in [4.78, 5) is 22.6. The predicted octanol–water partition coefficient (Wildman–Crippen LogP) is 2.51. The first kappa shape index (κ1) is 13.9. The number of carboxylic acids is 1. The van der Waals surface area contributed by atoms with Gasteiger partial charge in [-0.25, -0.2) is 4.79 Å². The van der Waals surface area contributed by atoms with Crippen molar-refractivity contribution in [3.8, 4) is 11.5 Å². The van der Waals surface area contributed by atoms with E-state index in [0.29, 0.717) is 22.7 Å². The van der Waals surface area contributed by atoms with Crippen molar-refractivity contribution in [2.45, 2.75) is 12.8 Å². The number of carboxylic acid groups (broad SMARTS) is 1. The van der Waals surface area contributed by atoms with Crippen LogP contribution in [0.2, 0.25) is 0 Å². The van der Waals surface area contributed by atoms with Crippen molar-refractivity contribution in [2.75, 3.05) is 13.7 Å². The Morgan fingerprint density at radius 2 is 2.11 bits per heavy atom. The number of benzene rings is 1. The van der Waals surface area contributed by atoms with Gasteiger partial charge in [0.15, 0.2) is 11.5 Å². The highest BCUT2D eigenvalue weighted by molar-refractivity contribution is 9.10. The molecule has 0 aliphatic heterocycles. The van der Waals surface area contributed by atoms with Gasteiger partial charge in [0.2, 0.25) is 0 Å². The number of aliphatic carboxylic acids is 1. The van der Waals surface area contributed by atoms with Crippen LogP contribution in [-0.2, 0) is 4.79 Å². The standard InChI is InChI=1S/C13H13BrO5/c1-18-9-5-4-8(14)10(11(15)13(16)17)12(9)19-6-7-2-3-7/h4-5,7H,2-3,6H2,1H3,(H,16,17). The molecule has 5 nitrogen and oxygen atoms in total. The molecule has 1 aromatic carbocycles. The highest BCUT2D eigenvalue weighted by Gasteiger charge is 2.28. The van der Waals surface area contributed by atoms with Crippen LogP contribution in [0, 0.1) is 5.92 Å². The summed E-state index contributed by atoms with van der Waals surface area (Å²) >= 11 is 3.18. The Hall–Kier alpha value is -1.56. The second kappa shape index (κ2) is 5.61. The molecule has 0 bridgehead atoms. The van der Waals surface area contributed by atoms with E-state index in [9.17, 15) is 9.59 Å². The van der Waals surface area contributed by atoms with Gasteiger partial charge in [-0.05, 0) is 46.8 Å². The molecule has 0 heterocycles. The Labute approximate surface area is 118 Å². The van der Waals surface area contributed by atoms with Gasteiger partial charge < -0.3 is 14.6 Å². The van der Waals surface area contributed by atoms with Gasteiger partial charge in [0.05, 0.1) is 19.3 Å². The van der Waals surface area contributed by atoms with Gasteiger partial charge in [0.1, 0.15) is 0 Å². The lowest BCUT2D eigenvalue weighted by atomic mass is 10.1. The predicted molar refractivity (Wildman–Crippen MR) is 70.9 cm³/mol. The third-order valence-corrected chi connectivity index (χ3v) is 3.53. The zero-order chi connectivity index (χ0) is 14.0. The molecular weight excluding hydrogens is 316 g/mol. The largest absolute Gasteiger partial charge is 0.493 e. The van der Waals surface area contributed by atoms with Gasteiger partial charge in [-0.1, -0.05) is 0 Å². The van der Waals surface area contributed by atoms with Crippen LogP contribution in [0.15, 0.2) is 16.6 Å². The van der Waals surface area contributed by atoms with Crippen LogP contribution in [0.5, 0.6) is 11.5 Å². The van der Waals surface area contributed by atoms with Crippen molar-refractivity contribution in [3.05, 3.63) is 22.2 Å². The van der Waals surface area contributed by atoms with Crippen LogP contribution in [0.3, 0.4) is 0 Å². The molecule has 102 valence electrons. The number of carbonyl (C=O) groups is 2. The summed E-state index contributed by atoms with van der Waals surface area (Å²) in [7, 11) is 1.45. The molecule has 0 unspecified atom stereocenters. The first-order valence-corrected chi connectivity index (χ1v) is 6.60. The number of methoxy groups -OCH3 is 1. The van der Waals surface area contributed by atoms with E-state index in [1.54, 1.807) is 12.1 Å². The number of hydrogen-bond acceptors (Lipinski definition) is 4. The number of carbonyl (C=O) groups excluding carboxylic acids is 1. The fraction of sp³-hybridized carbons (Fsp3) is 0.385. The van der Waals surface area contributed by atoms with E-state index in [-0.39, 0.29) is 11.3 Å². The van der Waals surface area contributed by atoms with Crippen molar-refractivity contribution < 1.29 is 24.2 Å². The maximum atomic E-state index is 11.7. The quantitative estimate of drug-likeness (QED) is 0.641. The highest BCUT2D eigenvalue weighted by atomic mass is 79.9. The van der Waals surface area contributed by atoms with Crippen LogP contribution >= 0.6 is 15.9 Å². The fourth-order valence-electron chi connectivity index (χ4n) is 1.65. The minimum absolute atomic E-state index is 0.00694. The Kier molecular flexibility index (Phi) is 4.09. The van der Waals surface area contributed by atoms with Gasteiger partial charge in [0, 0.05) is 4.47 Å². The van der Waals surface area contributed by atoms with Crippen molar-refractivity contribution in [1.29, 1.82) is 0 Å². The lowest BCUT2D eigenvalue weighted by Gasteiger charge is -2.14. The lowest BCUT2D eigenvalue weighted by Crippen LogP contribution is -2.16. The average Bonchev–Trinajstić information content (AvgIpc) is 3.19. The normalized spacial score (nSPS) is 14.0. The molecule has 1 N–H and O–H groups in total. The maximum Gasteiger partial charge on any atom is 0.377 e. The molecule has 1 aliphatic rings. The molecule has 0 radical (unpaired) electrons. The summed E-state index contributed by atoms with van der Waals surface area (Å²) in [5.74, 6) is -1.51. The molecule has 0 aromatic heterocycles.